The molecule has 2 heterocycles. The second-order valence-electron chi connectivity index (χ2n) is 7.46. The molecule has 1 N–H and O–H groups in total. The second kappa shape index (κ2) is 7.83. The van der Waals surface area contributed by atoms with Crippen LogP contribution < -0.4 is 10.2 Å². The standard InChI is InChI=1S/C21H27ClN4/c1-2-18-13-20(25-21(23-18)24-19-6-4-3-5-7-19)26-11-10-15-12-17(22)9-8-16(15)14-26/h8-9,12-13,19H,2-7,10-11,14H2,1H3,(H,23,24,25). The third-order valence-electron chi connectivity index (χ3n) is 5.57. The summed E-state index contributed by atoms with van der Waals surface area (Å²) < 4.78 is 0. The topological polar surface area (TPSA) is 41.1 Å². The van der Waals surface area contributed by atoms with Crippen LogP contribution in [0.4, 0.5) is 11.8 Å². The van der Waals surface area contributed by atoms with Crippen LogP contribution in [-0.2, 0) is 19.4 Å². The Labute approximate surface area is 161 Å². The summed E-state index contributed by atoms with van der Waals surface area (Å²) in [7, 11) is 0. The predicted molar refractivity (Wildman–Crippen MR) is 108 cm³/mol. The van der Waals surface area contributed by atoms with Crippen LogP contribution in [0, 0.1) is 0 Å². The van der Waals surface area contributed by atoms with Crippen LogP contribution in [0.25, 0.3) is 0 Å². The number of nitrogens with zero attached hydrogens (tertiary/aromatic N) is 3. The number of hydrogen-bond acceptors (Lipinski definition) is 4. The number of halogens is 1. The summed E-state index contributed by atoms with van der Waals surface area (Å²) in [4.78, 5) is 12.0. The molecule has 2 aliphatic rings. The highest BCUT2D eigenvalue weighted by Crippen LogP contribution is 2.27. The zero-order valence-corrected chi connectivity index (χ0v) is 16.2. The molecule has 0 bridgehead atoms. The lowest BCUT2D eigenvalue weighted by Gasteiger charge is -2.30. The van der Waals surface area contributed by atoms with E-state index in [0.29, 0.717) is 6.04 Å². The molecule has 4 nitrogen and oxygen atoms in total. The van der Waals surface area contributed by atoms with Gasteiger partial charge in [-0.25, -0.2) is 4.98 Å². The lowest BCUT2D eigenvalue weighted by molar-refractivity contribution is 0.460. The van der Waals surface area contributed by atoms with Crippen LogP contribution in [0.1, 0.15) is 55.8 Å². The maximum atomic E-state index is 6.14. The fraction of sp³-hybridized carbons (Fsp3) is 0.524. The average molecular weight is 371 g/mol. The Morgan fingerprint density at radius 2 is 1.96 bits per heavy atom. The van der Waals surface area contributed by atoms with Crippen molar-refractivity contribution in [3.8, 4) is 0 Å². The van der Waals surface area contributed by atoms with Crippen LogP contribution in [-0.4, -0.2) is 22.6 Å². The minimum Gasteiger partial charge on any atom is -0.352 e. The first kappa shape index (κ1) is 17.6. The molecule has 0 radical (unpaired) electrons. The van der Waals surface area contributed by atoms with E-state index in [1.54, 1.807) is 0 Å². The molecule has 0 amide bonds. The fourth-order valence-electron chi connectivity index (χ4n) is 4.04. The Bertz CT molecular complexity index is 771. The van der Waals surface area contributed by atoms with Gasteiger partial charge in [-0.1, -0.05) is 43.9 Å². The highest BCUT2D eigenvalue weighted by atomic mass is 35.5. The molecular formula is C21H27ClN4. The van der Waals surface area contributed by atoms with Gasteiger partial charge < -0.3 is 10.2 Å². The van der Waals surface area contributed by atoms with Crippen LogP contribution in [0.15, 0.2) is 24.3 Å². The van der Waals surface area contributed by atoms with Crippen molar-refractivity contribution >= 4 is 23.4 Å². The van der Waals surface area contributed by atoms with Crippen molar-refractivity contribution in [2.24, 2.45) is 0 Å². The molecule has 1 aromatic heterocycles. The van der Waals surface area contributed by atoms with E-state index in [9.17, 15) is 0 Å². The van der Waals surface area contributed by atoms with Crippen LogP contribution >= 0.6 is 11.6 Å². The Morgan fingerprint density at radius 1 is 1.12 bits per heavy atom. The van der Waals surface area contributed by atoms with E-state index < -0.39 is 0 Å². The van der Waals surface area contributed by atoms with Crippen LogP contribution in [0.5, 0.6) is 0 Å². The number of aryl methyl sites for hydroxylation is 1. The molecule has 5 heteroatoms. The molecule has 0 atom stereocenters. The molecule has 1 aliphatic carbocycles. The van der Waals surface area contributed by atoms with E-state index in [-0.39, 0.29) is 0 Å². The maximum absolute atomic E-state index is 6.14. The quantitative estimate of drug-likeness (QED) is 0.822. The first-order valence-electron chi connectivity index (χ1n) is 9.88. The minimum absolute atomic E-state index is 0.521. The molecular weight excluding hydrogens is 344 g/mol. The Balaban J connectivity index is 1.55. The molecule has 1 aromatic carbocycles. The van der Waals surface area contributed by atoms with Gasteiger partial charge in [0.05, 0.1) is 0 Å². The van der Waals surface area contributed by atoms with E-state index in [4.69, 9.17) is 21.6 Å². The van der Waals surface area contributed by atoms with E-state index in [1.165, 1.54) is 43.2 Å². The molecule has 1 saturated carbocycles. The van der Waals surface area contributed by atoms with Gasteiger partial charge in [-0.3, -0.25) is 0 Å². The number of nitrogens with one attached hydrogen (secondary N) is 1. The van der Waals surface area contributed by atoms with Crippen molar-refractivity contribution in [1.82, 2.24) is 9.97 Å². The van der Waals surface area contributed by atoms with Gasteiger partial charge in [-0.05, 0) is 48.9 Å². The smallest absolute Gasteiger partial charge is 0.225 e. The minimum atomic E-state index is 0.521. The number of fused-ring (bicyclic) bond motifs is 1. The fourth-order valence-corrected chi connectivity index (χ4v) is 4.23. The molecule has 1 fully saturated rings. The molecule has 0 saturated heterocycles. The zero-order chi connectivity index (χ0) is 17.9. The number of hydrogen-bond donors (Lipinski definition) is 1. The largest absolute Gasteiger partial charge is 0.352 e. The van der Waals surface area contributed by atoms with E-state index >= 15 is 0 Å². The van der Waals surface area contributed by atoms with Crippen molar-refractivity contribution in [3.63, 3.8) is 0 Å². The van der Waals surface area contributed by atoms with Gasteiger partial charge in [0, 0.05) is 35.9 Å². The van der Waals surface area contributed by atoms with Crippen molar-refractivity contribution in [2.45, 2.75) is 64.5 Å². The van der Waals surface area contributed by atoms with Gasteiger partial charge in [-0.2, -0.15) is 4.98 Å². The predicted octanol–water partition coefficient (Wildman–Crippen LogP) is 5.00. The third-order valence-corrected chi connectivity index (χ3v) is 5.81. The second-order valence-corrected chi connectivity index (χ2v) is 7.89. The highest BCUT2D eigenvalue weighted by Gasteiger charge is 2.20. The van der Waals surface area contributed by atoms with E-state index in [1.807, 2.05) is 6.07 Å². The molecule has 0 spiro atoms. The first-order chi connectivity index (χ1) is 12.7. The summed E-state index contributed by atoms with van der Waals surface area (Å²) in [6.07, 6.45) is 8.37. The third kappa shape index (κ3) is 3.96. The van der Waals surface area contributed by atoms with Crippen molar-refractivity contribution in [2.75, 3.05) is 16.8 Å². The molecule has 26 heavy (non-hydrogen) atoms. The highest BCUT2D eigenvalue weighted by molar-refractivity contribution is 6.30. The summed E-state index contributed by atoms with van der Waals surface area (Å²) in [5, 5.41) is 4.42. The Kier molecular flexibility index (Phi) is 5.30. The lowest BCUT2D eigenvalue weighted by atomic mass is 9.96. The van der Waals surface area contributed by atoms with Crippen molar-refractivity contribution < 1.29 is 0 Å². The number of anilines is 2. The summed E-state index contributed by atoms with van der Waals surface area (Å²) in [5.41, 5.74) is 3.81. The van der Waals surface area contributed by atoms with Gasteiger partial charge >= 0.3 is 0 Å². The Morgan fingerprint density at radius 3 is 2.77 bits per heavy atom. The van der Waals surface area contributed by atoms with Gasteiger partial charge in [0.2, 0.25) is 5.95 Å². The number of aromatic nitrogens is 2. The van der Waals surface area contributed by atoms with Crippen molar-refractivity contribution in [3.05, 3.63) is 46.1 Å². The van der Waals surface area contributed by atoms with Crippen LogP contribution in [0.3, 0.4) is 0 Å². The monoisotopic (exact) mass is 370 g/mol. The molecule has 4 rings (SSSR count). The van der Waals surface area contributed by atoms with E-state index in [0.717, 1.165) is 48.4 Å². The summed E-state index contributed by atoms with van der Waals surface area (Å²) >= 11 is 6.14. The van der Waals surface area contributed by atoms with Crippen molar-refractivity contribution in [1.29, 1.82) is 0 Å². The SMILES string of the molecule is CCc1cc(N2CCc3cc(Cl)ccc3C2)nc(NC2CCCCC2)n1. The molecule has 0 unspecified atom stereocenters. The zero-order valence-electron chi connectivity index (χ0n) is 15.5. The normalized spacial score (nSPS) is 17.8. The summed E-state index contributed by atoms with van der Waals surface area (Å²) in [5.74, 6) is 1.84. The van der Waals surface area contributed by atoms with Gasteiger partial charge in [0.15, 0.2) is 0 Å². The first-order valence-corrected chi connectivity index (χ1v) is 10.3. The molecule has 1 aliphatic heterocycles. The Hall–Kier alpha value is -1.81. The van der Waals surface area contributed by atoms with Gasteiger partial charge in [0.25, 0.3) is 0 Å². The van der Waals surface area contributed by atoms with Gasteiger partial charge in [0.1, 0.15) is 5.82 Å². The molecule has 2 aromatic rings. The summed E-state index contributed by atoms with van der Waals surface area (Å²) in [6.45, 7) is 4.01. The van der Waals surface area contributed by atoms with Crippen LogP contribution in [0.2, 0.25) is 5.02 Å². The average Bonchev–Trinajstić information content (AvgIpc) is 2.68. The summed E-state index contributed by atoms with van der Waals surface area (Å²) in [6, 6.07) is 8.90. The van der Waals surface area contributed by atoms with Gasteiger partial charge in [-0.15, -0.1) is 0 Å². The van der Waals surface area contributed by atoms with E-state index in [2.05, 4.69) is 35.3 Å². The number of benzene rings is 1. The number of rotatable bonds is 4. The molecule has 138 valence electrons. The maximum Gasteiger partial charge on any atom is 0.225 e. The lowest BCUT2D eigenvalue weighted by Crippen LogP contribution is -2.32.